The van der Waals surface area contributed by atoms with Crippen LogP contribution in [0.5, 0.6) is 0 Å². The number of carboxylic acid groups (broad SMARTS) is 2. The lowest BCUT2D eigenvalue weighted by Crippen LogP contribution is -2.54. The number of benzene rings is 1. The lowest BCUT2D eigenvalue weighted by atomic mass is 10.0. The highest BCUT2D eigenvalue weighted by molar-refractivity contribution is 5.93. The summed E-state index contributed by atoms with van der Waals surface area (Å²) < 4.78 is 13.2. The summed E-state index contributed by atoms with van der Waals surface area (Å²) in [6.45, 7) is -0.0441. The van der Waals surface area contributed by atoms with Crippen LogP contribution in [0.15, 0.2) is 24.3 Å². The number of aliphatic carboxylic acids is 2. The Labute approximate surface area is 195 Å². The quantitative estimate of drug-likeness (QED) is 0.144. The Balaban J connectivity index is 2.83. The highest BCUT2D eigenvalue weighted by atomic mass is 19.1. The van der Waals surface area contributed by atoms with E-state index in [1.165, 1.54) is 12.1 Å². The minimum Gasteiger partial charge on any atom is -0.481 e. The highest BCUT2D eigenvalue weighted by Crippen LogP contribution is 2.07. The van der Waals surface area contributed by atoms with Gasteiger partial charge in [-0.25, -0.2) is 9.18 Å². The van der Waals surface area contributed by atoms with Crippen molar-refractivity contribution in [2.24, 2.45) is 11.5 Å². The van der Waals surface area contributed by atoms with E-state index in [0.717, 1.165) is 12.1 Å². The molecule has 0 saturated heterocycles. The van der Waals surface area contributed by atoms with Crippen LogP contribution in [0.1, 0.15) is 31.2 Å². The molecule has 0 aliphatic heterocycles. The first kappa shape index (κ1) is 28.5. The van der Waals surface area contributed by atoms with Crippen molar-refractivity contribution in [1.82, 2.24) is 16.0 Å². The first-order chi connectivity index (χ1) is 16.0. The van der Waals surface area contributed by atoms with Gasteiger partial charge in [-0.05, 0) is 37.1 Å². The molecule has 1 rings (SSSR count). The van der Waals surface area contributed by atoms with Crippen LogP contribution in [-0.4, -0.2) is 71.1 Å². The second-order valence-electron chi connectivity index (χ2n) is 7.56. The molecule has 9 N–H and O–H groups in total. The van der Waals surface area contributed by atoms with Crippen LogP contribution in [0.25, 0.3) is 0 Å². The van der Waals surface area contributed by atoms with Gasteiger partial charge in [-0.3, -0.25) is 19.2 Å². The molecule has 0 radical (unpaired) electrons. The Bertz CT molecular complexity index is 866. The van der Waals surface area contributed by atoms with Crippen molar-refractivity contribution in [3.8, 4) is 0 Å². The Morgan fingerprint density at radius 2 is 1.59 bits per heavy atom. The zero-order valence-corrected chi connectivity index (χ0v) is 18.5. The number of nitrogens with one attached hydrogen (secondary N) is 3. The van der Waals surface area contributed by atoms with Gasteiger partial charge in [0.1, 0.15) is 17.9 Å². The van der Waals surface area contributed by atoms with Crippen LogP contribution in [0, 0.1) is 5.82 Å². The summed E-state index contributed by atoms with van der Waals surface area (Å²) in [6, 6.07) is 1.12. The predicted molar refractivity (Wildman–Crippen MR) is 118 cm³/mol. The molecule has 1 aromatic rings. The number of hydrogen-bond acceptors (Lipinski definition) is 7. The van der Waals surface area contributed by atoms with Gasteiger partial charge in [0.25, 0.3) is 0 Å². The lowest BCUT2D eigenvalue weighted by molar-refractivity contribution is -0.147. The van der Waals surface area contributed by atoms with E-state index >= 15 is 0 Å². The van der Waals surface area contributed by atoms with Crippen LogP contribution in [0.2, 0.25) is 0 Å². The van der Waals surface area contributed by atoms with Crippen LogP contribution >= 0.6 is 0 Å². The lowest BCUT2D eigenvalue weighted by Gasteiger charge is -2.21. The summed E-state index contributed by atoms with van der Waals surface area (Å²) >= 11 is 0. The molecule has 0 spiro atoms. The number of amides is 3. The van der Waals surface area contributed by atoms with Gasteiger partial charge in [0.2, 0.25) is 17.7 Å². The summed E-state index contributed by atoms with van der Waals surface area (Å²) in [7, 11) is 0. The maximum atomic E-state index is 13.2. The van der Waals surface area contributed by atoms with E-state index < -0.39 is 66.6 Å². The van der Waals surface area contributed by atoms with Gasteiger partial charge in [-0.1, -0.05) is 18.6 Å². The van der Waals surface area contributed by atoms with Crippen molar-refractivity contribution in [3.05, 3.63) is 35.6 Å². The van der Waals surface area contributed by atoms with Gasteiger partial charge in [0.15, 0.2) is 0 Å². The van der Waals surface area contributed by atoms with Crippen molar-refractivity contribution in [2.75, 3.05) is 13.1 Å². The third kappa shape index (κ3) is 10.8. The fraction of sp³-hybridized carbons (Fsp3) is 0.476. The van der Waals surface area contributed by atoms with Crippen LogP contribution in [-0.2, 0) is 30.4 Å². The van der Waals surface area contributed by atoms with Gasteiger partial charge in [0.05, 0.1) is 19.0 Å². The largest absolute Gasteiger partial charge is 0.481 e. The molecule has 12 nitrogen and oxygen atoms in total. The van der Waals surface area contributed by atoms with Gasteiger partial charge < -0.3 is 37.6 Å². The molecule has 0 bridgehead atoms. The van der Waals surface area contributed by atoms with Crippen LogP contribution in [0.3, 0.4) is 0 Å². The second-order valence-corrected chi connectivity index (χ2v) is 7.56. The Kier molecular flexibility index (Phi) is 12.2. The van der Waals surface area contributed by atoms with Crippen molar-refractivity contribution in [3.63, 3.8) is 0 Å². The van der Waals surface area contributed by atoms with Crippen molar-refractivity contribution < 1.29 is 38.6 Å². The molecular weight excluding hydrogens is 453 g/mol. The first-order valence-corrected chi connectivity index (χ1v) is 10.6. The Hall–Kier alpha value is -3.58. The standard InChI is InChI=1S/C21H30FN5O7/c22-13-6-4-12(5-7-13)9-15(20(32)27-16(21(33)34)10-18(29)30)26-17(28)11-25-19(31)14(24)3-1-2-8-23/h4-7,14-16H,1-3,8-11,23-24H2,(H,25,31)(H,26,28)(H,27,32)(H,29,30)(H,33,34)/t14-,15+,16+/m1/s1. The minimum atomic E-state index is -1.73. The minimum absolute atomic E-state index is 0.149. The van der Waals surface area contributed by atoms with E-state index in [1.54, 1.807) is 0 Å². The van der Waals surface area contributed by atoms with E-state index in [2.05, 4.69) is 16.0 Å². The number of carbonyl (C=O) groups excluding carboxylic acids is 3. The number of hydrogen-bond donors (Lipinski definition) is 7. The SMILES string of the molecule is NCCCC[C@@H](N)C(=O)NCC(=O)N[C@@H](Cc1ccc(F)cc1)C(=O)N[C@@H](CC(=O)O)C(=O)O. The number of carbonyl (C=O) groups is 5. The molecule has 34 heavy (non-hydrogen) atoms. The molecule has 3 amide bonds. The average Bonchev–Trinajstić information content (AvgIpc) is 2.77. The smallest absolute Gasteiger partial charge is 0.326 e. The normalized spacial score (nSPS) is 13.3. The molecule has 188 valence electrons. The van der Waals surface area contributed by atoms with Crippen LogP contribution < -0.4 is 27.4 Å². The molecule has 0 aromatic heterocycles. The van der Waals surface area contributed by atoms with Crippen LogP contribution in [0.4, 0.5) is 4.39 Å². The molecule has 0 unspecified atom stereocenters. The molecule has 13 heteroatoms. The van der Waals surface area contributed by atoms with Crippen molar-refractivity contribution in [2.45, 2.75) is 50.2 Å². The second kappa shape index (κ2) is 14.5. The first-order valence-electron chi connectivity index (χ1n) is 10.6. The predicted octanol–water partition coefficient (Wildman–Crippen LogP) is -1.53. The van der Waals surface area contributed by atoms with Crippen molar-refractivity contribution in [1.29, 1.82) is 0 Å². The average molecular weight is 483 g/mol. The van der Waals surface area contributed by atoms with E-state index in [9.17, 15) is 28.4 Å². The topological polar surface area (TPSA) is 214 Å². The third-order valence-corrected chi connectivity index (χ3v) is 4.73. The molecule has 1 aromatic carbocycles. The molecule has 3 atom stereocenters. The van der Waals surface area contributed by atoms with E-state index in [0.29, 0.717) is 31.4 Å². The molecule has 0 heterocycles. The number of carboxylic acids is 2. The summed E-state index contributed by atoms with van der Waals surface area (Å²) in [6.07, 6.45) is 0.680. The monoisotopic (exact) mass is 483 g/mol. The molecule has 0 aliphatic rings. The summed E-state index contributed by atoms with van der Waals surface area (Å²) in [5.41, 5.74) is 11.6. The van der Waals surface area contributed by atoms with Gasteiger partial charge in [0, 0.05) is 6.42 Å². The zero-order chi connectivity index (χ0) is 25.7. The van der Waals surface area contributed by atoms with Gasteiger partial charge >= 0.3 is 11.9 Å². The third-order valence-electron chi connectivity index (χ3n) is 4.73. The number of rotatable bonds is 15. The van der Waals surface area contributed by atoms with Gasteiger partial charge in [-0.15, -0.1) is 0 Å². The van der Waals surface area contributed by atoms with E-state index in [4.69, 9.17) is 21.7 Å². The molecule has 0 saturated carbocycles. The fourth-order valence-electron chi connectivity index (χ4n) is 2.90. The zero-order valence-electron chi connectivity index (χ0n) is 18.5. The van der Waals surface area contributed by atoms with E-state index in [-0.39, 0.29) is 6.42 Å². The maximum Gasteiger partial charge on any atom is 0.326 e. The number of nitrogens with two attached hydrogens (primary N) is 2. The summed E-state index contributed by atoms with van der Waals surface area (Å²) in [5, 5.41) is 24.8. The highest BCUT2D eigenvalue weighted by Gasteiger charge is 2.28. The fourth-order valence-corrected chi connectivity index (χ4v) is 2.90. The number of unbranched alkanes of at least 4 members (excludes halogenated alkanes) is 1. The summed E-state index contributed by atoms with van der Waals surface area (Å²) in [5.74, 6) is -5.84. The van der Waals surface area contributed by atoms with Crippen molar-refractivity contribution >= 4 is 29.7 Å². The molecular formula is C21H30FN5O7. The summed E-state index contributed by atoms with van der Waals surface area (Å²) in [4.78, 5) is 59.2. The molecule has 0 aliphatic carbocycles. The number of halogens is 1. The Morgan fingerprint density at radius 1 is 0.941 bits per heavy atom. The Morgan fingerprint density at radius 3 is 2.15 bits per heavy atom. The molecule has 0 fully saturated rings. The van der Waals surface area contributed by atoms with E-state index in [1.807, 2.05) is 0 Å². The maximum absolute atomic E-state index is 13.2. The van der Waals surface area contributed by atoms with Gasteiger partial charge in [-0.2, -0.15) is 0 Å².